The fourth-order valence-corrected chi connectivity index (χ4v) is 4.15. The normalized spacial score (nSPS) is 18.3. The van der Waals surface area contributed by atoms with Crippen molar-refractivity contribution in [2.45, 2.75) is 13.8 Å². The number of fused-ring (bicyclic) bond motifs is 2. The van der Waals surface area contributed by atoms with Crippen LogP contribution in [-0.4, -0.2) is 26.5 Å². The zero-order valence-corrected chi connectivity index (χ0v) is 12.1. The van der Waals surface area contributed by atoms with Crippen LogP contribution in [0.3, 0.4) is 0 Å². The van der Waals surface area contributed by atoms with E-state index in [1.54, 1.807) is 0 Å². The second-order valence-electron chi connectivity index (χ2n) is 5.42. The first-order chi connectivity index (χ1) is 8.97. The Kier molecular flexibility index (Phi) is 2.85. The van der Waals surface area contributed by atoms with E-state index in [0.717, 1.165) is 0 Å². The zero-order valence-electron chi connectivity index (χ0n) is 10.9. The molecule has 1 aromatic rings. The van der Waals surface area contributed by atoms with Gasteiger partial charge in [-0.05, 0) is 27.3 Å². The van der Waals surface area contributed by atoms with Crippen LogP contribution in [0.2, 0.25) is 0 Å². The van der Waals surface area contributed by atoms with E-state index in [-0.39, 0.29) is 14.5 Å². The summed E-state index contributed by atoms with van der Waals surface area (Å²) in [6.07, 6.45) is 8.65. The molecule has 0 bridgehead atoms. The molecule has 0 aromatic carbocycles. The Morgan fingerprint density at radius 1 is 1.26 bits per heavy atom. The van der Waals surface area contributed by atoms with E-state index in [9.17, 15) is 0 Å². The monoisotopic (exact) mass is 270 g/mol. The van der Waals surface area contributed by atoms with Crippen LogP contribution in [-0.2, 0) is 0 Å². The van der Waals surface area contributed by atoms with Crippen molar-refractivity contribution >= 4 is 28.1 Å². The first-order valence-electron chi connectivity index (χ1n) is 6.27. The van der Waals surface area contributed by atoms with Crippen molar-refractivity contribution in [2.24, 2.45) is 5.41 Å². The summed E-state index contributed by atoms with van der Waals surface area (Å²) in [5.74, 6) is 0. The summed E-state index contributed by atoms with van der Waals surface area (Å²) >= 11 is 0. The summed E-state index contributed by atoms with van der Waals surface area (Å²) in [5, 5.41) is 19.7. The van der Waals surface area contributed by atoms with E-state index in [4.69, 9.17) is 14.7 Å². The van der Waals surface area contributed by atoms with Crippen molar-refractivity contribution in [3.8, 4) is 5.36 Å². The first-order valence-corrected chi connectivity index (χ1v) is 7.42. The molecular formula is C14H15BO3Si. The van der Waals surface area contributed by atoms with Crippen LogP contribution in [0, 0.1) is 5.41 Å². The van der Waals surface area contributed by atoms with E-state index in [1.165, 1.54) is 21.2 Å². The van der Waals surface area contributed by atoms with Crippen LogP contribution in [0.5, 0.6) is 5.36 Å². The Bertz CT molecular complexity index is 717. The predicted molar refractivity (Wildman–Crippen MR) is 78.1 cm³/mol. The summed E-state index contributed by atoms with van der Waals surface area (Å²) in [4.78, 5) is 1.26. The molecule has 2 aliphatic carbocycles. The Hall–Kier alpha value is -1.43. The second-order valence-corrected chi connectivity index (χ2v) is 6.90. The van der Waals surface area contributed by atoms with Crippen molar-refractivity contribution in [2.75, 3.05) is 0 Å². The molecule has 0 aliphatic heterocycles. The lowest BCUT2D eigenvalue weighted by molar-refractivity contribution is 0.291. The molecule has 0 fully saturated rings. The molecule has 96 valence electrons. The molecule has 19 heavy (non-hydrogen) atoms. The SMILES string of the molecule is CC1(C)C=CC=C2C=c3[siH]c(OB(O)O)ccc3=C21. The number of hydrogen-bond donors (Lipinski definition) is 2. The van der Waals surface area contributed by atoms with Gasteiger partial charge >= 0.3 is 7.32 Å². The van der Waals surface area contributed by atoms with Crippen molar-refractivity contribution in [3.63, 3.8) is 0 Å². The van der Waals surface area contributed by atoms with Gasteiger partial charge in [-0.25, -0.2) is 0 Å². The maximum absolute atomic E-state index is 8.87. The molecule has 3 nitrogen and oxygen atoms in total. The van der Waals surface area contributed by atoms with E-state index in [2.05, 4.69) is 38.2 Å². The molecule has 0 saturated carbocycles. The van der Waals surface area contributed by atoms with Gasteiger partial charge in [-0.2, -0.15) is 0 Å². The van der Waals surface area contributed by atoms with Crippen LogP contribution < -0.4 is 14.7 Å². The first kappa shape index (κ1) is 12.6. The van der Waals surface area contributed by atoms with E-state index >= 15 is 0 Å². The summed E-state index contributed by atoms with van der Waals surface area (Å²) in [7, 11) is -1.96. The van der Waals surface area contributed by atoms with Gasteiger partial charge in [0, 0.05) is 5.41 Å². The van der Waals surface area contributed by atoms with Gasteiger partial charge in [0.15, 0.2) is 0 Å². The Balaban J connectivity index is 2.19. The number of rotatable bonds is 2. The third kappa shape index (κ3) is 2.14. The summed E-state index contributed by atoms with van der Waals surface area (Å²) < 4.78 is 4.98. The molecule has 0 amide bonds. The van der Waals surface area contributed by atoms with Gasteiger partial charge in [0.1, 0.15) is 0 Å². The molecule has 0 atom stereocenters. The minimum absolute atomic E-state index is 0.0380. The fourth-order valence-electron chi connectivity index (χ4n) is 2.80. The van der Waals surface area contributed by atoms with Crippen LogP contribution in [0.25, 0.3) is 11.6 Å². The van der Waals surface area contributed by atoms with Crippen LogP contribution >= 0.6 is 0 Å². The van der Waals surface area contributed by atoms with Gasteiger partial charge in [-0.15, -0.1) is 0 Å². The number of allylic oxidation sites excluding steroid dienone is 4. The maximum Gasteiger partial charge on any atom is 0.707 e. The van der Waals surface area contributed by atoms with Gasteiger partial charge in [-0.1, -0.05) is 44.2 Å². The highest BCUT2D eigenvalue weighted by Gasteiger charge is 2.27. The van der Waals surface area contributed by atoms with Crippen LogP contribution in [0.4, 0.5) is 0 Å². The zero-order chi connectivity index (χ0) is 13.6. The molecule has 1 heterocycles. The maximum atomic E-state index is 8.87. The lowest BCUT2D eigenvalue weighted by atomic mass is 9.77. The molecule has 3 rings (SSSR count). The van der Waals surface area contributed by atoms with Crippen molar-refractivity contribution < 1.29 is 14.7 Å². The van der Waals surface area contributed by atoms with E-state index in [0.29, 0.717) is 5.36 Å². The van der Waals surface area contributed by atoms with Crippen LogP contribution in [0.1, 0.15) is 13.8 Å². The van der Waals surface area contributed by atoms with Gasteiger partial charge in [0.2, 0.25) is 0 Å². The molecular weight excluding hydrogens is 255 g/mol. The van der Waals surface area contributed by atoms with Crippen molar-refractivity contribution in [1.82, 2.24) is 0 Å². The fraction of sp³-hybridized carbons (Fsp3) is 0.214. The van der Waals surface area contributed by atoms with Gasteiger partial charge in [0.25, 0.3) is 0 Å². The summed E-state index contributed by atoms with van der Waals surface area (Å²) in [6.45, 7) is 4.43. The number of hydrogen-bond acceptors (Lipinski definition) is 3. The summed E-state index contributed by atoms with van der Waals surface area (Å²) in [5.41, 5.74) is 2.66. The minimum Gasteiger partial charge on any atom is -0.517 e. The van der Waals surface area contributed by atoms with Gasteiger partial charge < -0.3 is 14.7 Å². The summed E-state index contributed by atoms with van der Waals surface area (Å²) in [6, 6.07) is 3.88. The van der Waals surface area contributed by atoms with Gasteiger partial charge in [-0.3, -0.25) is 0 Å². The molecule has 2 N–H and O–H groups in total. The Labute approximate surface area is 114 Å². The Morgan fingerprint density at radius 2 is 2.05 bits per heavy atom. The van der Waals surface area contributed by atoms with Crippen LogP contribution in [0.15, 0.2) is 35.9 Å². The topological polar surface area (TPSA) is 49.7 Å². The largest absolute Gasteiger partial charge is 0.707 e. The molecule has 0 radical (unpaired) electrons. The minimum atomic E-state index is -1.73. The highest BCUT2D eigenvalue weighted by Crippen LogP contribution is 2.38. The lowest BCUT2D eigenvalue weighted by Gasteiger charge is -2.26. The highest BCUT2D eigenvalue weighted by atomic mass is 28.2. The third-order valence-electron chi connectivity index (χ3n) is 3.57. The Morgan fingerprint density at radius 3 is 2.79 bits per heavy atom. The lowest BCUT2D eigenvalue weighted by Crippen LogP contribution is -2.32. The second kappa shape index (κ2) is 4.30. The molecule has 2 aliphatic rings. The van der Waals surface area contributed by atoms with Gasteiger partial charge in [0.05, 0.1) is 14.5 Å². The smallest absolute Gasteiger partial charge is 0.517 e. The van der Waals surface area contributed by atoms with E-state index in [1.807, 2.05) is 12.1 Å². The van der Waals surface area contributed by atoms with E-state index < -0.39 is 7.32 Å². The quantitative estimate of drug-likeness (QED) is 0.717. The molecule has 0 unspecified atom stereocenters. The highest BCUT2D eigenvalue weighted by molar-refractivity contribution is 6.40. The molecule has 0 saturated heterocycles. The average molecular weight is 270 g/mol. The molecule has 1 aromatic heterocycles. The molecule has 0 spiro atoms. The predicted octanol–water partition coefficient (Wildman–Crippen LogP) is -0.427. The average Bonchev–Trinajstić information content (AvgIpc) is 2.66. The van der Waals surface area contributed by atoms with Crippen molar-refractivity contribution in [3.05, 3.63) is 46.0 Å². The third-order valence-corrected chi connectivity index (χ3v) is 4.97. The molecule has 5 heteroatoms. The standard InChI is InChI=1S/C14H15BO3Si/c1-14(2)7-3-4-9-8-11-10(13(9)14)5-6-12(19-11)18-15(16)17/h3-8,16-17,19H,1-2H3. The van der Waals surface area contributed by atoms with Crippen molar-refractivity contribution in [1.29, 1.82) is 0 Å².